The molecule has 2 rings (SSSR count). The molecule has 0 bridgehead atoms. The van der Waals surface area contributed by atoms with Gasteiger partial charge in [-0.25, -0.2) is 8.78 Å². The Morgan fingerprint density at radius 2 is 1.67 bits per heavy atom. The molecular weight excluding hydrogens is 234 g/mol. The van der Waals surface area contributed by atoms with Gasteiger partial charge >= 0.3 is 0 Å². The first kappa shape index (κ1) is 12.4. The van der Waals surface area contributed by atoms with E-state index in [1.165, 1.54) is 18.2 Å². The quantitative estimate of drug-likeness (QED) is 0.736. The van der Waals surface area contributed by atoms with Crippen LogP contribution in [-0.4, -0.2) is 5.78 Å². The molecule has 18 heavy (non-hydrogen) atoms. The SMILES string of the molecule is Cc1cc(F)cc(C(=O)c2ccc(C)c(F)c2)c1. The fourth-order valence-corrected chi connectivity index (χ4v) is 1.77. The Hall–Kier alpha value is -2.03. The van der Waals surface area contributed by atoms with Crippen molar-refractivity contribution in [1.29, 1.82) is 0 Å². The van der Waals surface area contributed by atoms with Crippen LogP contribution in [0.2, 0.25) is 0 Å². The van der Waals surface area contributed by atoms with E-state index in [0.29, 0.717) is 11.1 Å². The van der Waals surface area contributed by atoms with Crippen molar-refractivity contribution in [2.45, 2.75) is 13.8 Å². The molecule has 0 spiro atoms. The molecule has 0 aromatic heterocycles. The van der Waals surface area contributed by atoms with Gasteiger partial charge in [-0.15, -0.1) is 0 Å². The first-order valence-corrected chi connectivity index (χ1v) is 5.55. The smallest absolute Gasteiger partial charge is 0.193 e. The van der Waals surface area contributed by atoms with Crippen LogP contribution in [0.1, 0.15) is 27.0 Å². The number of carbonyl (C=O) groups is 1. The fraction of sp³-hybridized carbons (Fsp3) is 0.133. The zero-order valence-electron chi connectivity index (χ0n) is 10.1. The highest BCUT2D eigenvalue weighted by molar-refractivity contribution is 6.09. The van der Waals surface area contributed by atoms with E-state index in [4.69, 9.17) is 0 Å². The lowest BCUT2D eigenvalue weighted by Crippen LogP contribution is -2.03. The number of aryl methyl sites for hydroxylation is 2. The van der Waals surface area contributed by atoms with E-state index >= 15 is 0 Å². The maximum Gasteiger partial charge on any atom is 0.193 e. The Morgan fingerprint density at radius 3 is 2.28 bits per heavy atom. The summed E-state index contributed by atoms with van der Waals surface area (Å²) < 4.78 is 26.6. The normalized spacial score (nSPS) is 10.4. The maximum absolute atomic E-state index is 13.4. The highest BCUT2D eigenvalue weighted by Gasteiger charge is 2.12. The summed E-state index contributed by atoms with van der Waals surface area (Å²) in [6, 6.07) is 8.34. The summed E-state index contributed by atoms with van der Waals surface area (Å²) in [6.07, 6.45) is 0. The Balaban J connectivity index is 2.44. The van der Waals surface area contributed by atoms with Crippen LogP contribution >= 0.6 is 0 Å². The molecule has 0 atom stereocenters. The fourth-order valence-electron chi connectivity index (χ4n) is 1.77. The molecule has 0 heterocycles. The van der Waals surface area contributed by atoms with Gasteiger partial charge in [0.1, 0.15) is 11.6 Å². The Kier molecular flexibility index (Phi) is 3.24. The van der Waals surface area contributed by atoms with Gasteiger partial charge in [-0.3, -0.25) is 4.79 Å². The summed E-state index contributed by atoms with van der Waals surface area (Å²) in [5.41, 5.74) is 1.59. The molecule has 0 unspecified atom stereocenters. The molecular formula is C15H12F2O. The topological polar surface area (TPSA) is 17.1 Å². The van der Waals surface area contributed by atoms with Crippen LogP contribution in [0.25, 0.3) is 0 Å². The number of ketones is 1. The highest BCUT2D eigenvalue weighted by atomic mass is 19.1. The number of rotatable bonds is 2. The Bertz CT molecular complexity index is 598. The van der Waals surface area contributed by atoms with Crippen LogP contribution in [-0.2, 0) is 0 Å². The number of carbonyl (C=O) groups excluding carboxylic acids is 1. The van der Waals surface area contributed by atoms with E-state index in [0.717, 1.165) is 6.07 Å². The van der Waals surface area contributed by atoms with Crippen LogP contribution in [0.4, 0.5) is 8.78 Å². The monoisotopic (exact) mass is 246 g/mol. The van der Waals surface area contributed by atoms with E-state index in [2.05, 4.69) is 0 Å². The van der Waals surface area contributed by atoms with Crippen molar-refractivity contribution in [1.82, 2.24) is 0 Å². The molecule has 0 radical (unpaired) electrons. The van der Waals surface area contributed by atoms with Gasteiger partial charge in [0.2, 0.25) is 0 Å². The molecule has 2 aromatic carbocycles. The van der Waals surface area contributed by atoms with Crippen molar-refractivity contribution in [2.24, 2.45) is 0 Å². The van der Waals surface area contributed by atoms with Crippen molar-refractivity contribution in [3.63, 3.8) is 0 Å². The second-order valence-electron chi connectivity index (χ2n) is 4.31. The molecule has 0 aliphatic heterocycles. The second kappa shape index (κ2) is 4.69. The molecule has 1 nitrogen and oxygen atoms in total. The third kappa shape index (κ3) is 2.45. The van der Waals surface area contributed by atoms with Gasteiger partial charge in [-0.1, -0.05) is 12.1 Å². The molecule has 0 aliphatic carbocycles. The predicted octanol–water partition coefficient (Wildman–Crippen LogP) is 3.81. The van der Waals surface area contributed by atoms with Gasteiger partial charge in [0, 0.05) is 11.1 Å². The van der Waals surface area contributed by atoms with Gasteiger partial charge in [-0.2, -0.15) is 0 Å². The lowest BCUT2D eigenvalue weighted by atomic mass is 10.0. The number of halogens is 2. The van der Waals surface area contributed by atoms with E-state index < -0.39 is 11.6 Å². The average Bonchev–Trinajstić information content (AvgIpc) is 2.30. The summed E-state index contributed by atoms with van der Waals surface area (Å²) in [5.74, 6) is -1.28. The number of benzene rings is 2. The summed E-state index contributed by atoms with van der Waals surface area (Å²) in [7, 11) is 0. The van der Waals surface area contributed by atoms with Gasteiger partial charge in [0.15, 0.2) is 5.78 Å². The van der Waals surface area contributed by atoms with Crippen molar-refractivity contribution in [2.75, 3.05) is 0 Å². The van der Waals surface area contributed by atoms with Crippen LogP contribution < -0.4 is 0 Å². The largest absolute Gasteiger partial charge is 0.289 e. The molecule has 0 amide bonds. The molecule has 0 fully saturated rings. The summed E-state index contributed by atoms with van der Waals surface area (Å²) in [5, 5.41) is 0. The van der Waals surface area contributed by atoms with Crippen molar-refractivity contribution in [3.05, 3.63) is 70.3 Å². The third-order valence-corrected chi connectivity index (χ3v) is 2.74. The van der Waals surface area contributed by atoms with Crippen molar-refractivity contribution >= 4 is 5.78 Å². The number of hydrogen-bond donors (Lipinski definition) is 0. The van der Waals surface area contributed by atoms with Crippen LogP contribution in [0.3, 0.4) is 0 Å². The zero-order chi connectivity index (χ0) is 13.3. The minimum absolute atomic E-state index is 0.225. The van der Waals surface area contributed by atoms with E-state index in [9.17, 15) is 13.6 Å². The maximum atomic E-state index is 13.4. The summed E-state index contributed by atoms with van der Waals surface area (Å²) in [6.45, 7) is 3.32. The van der Waals surface area contributed by atoms with Gasteiger partial charge in [0.05, 0.1) is 0 Å². The Morgan fingerprint density at radius 1 is 0.944 bits per heavy atom. The highest BCUT2D eigenvalue weighted by Crippen LogP contribution is 2.16. The van der Waals surface area contributed by atoms with Crippen molar-refractivity contribution in [3.8, 4) is 0 Å². The summed E-state index contributed by atoms with van der Waals surface area (Å²) >= 11 is 0. The number of hydrogen-bond acceptors (Lipinski definition) is 1. The summed E-state index contributed by atoms with van der Waals surface area (Å²) in [4.78, 5) is 12.1. The molecule has 3 heteroatoms. The van der Waals surface area contributed by atoms with E-state index in [1.807, 2.05) is 0 Å². The van der Waals surface area contributed by atoms with Crippen molar-refractivity contribution < 1.29 is 13.6 Å². The van der Waals surface area contributed by atoms with Gasteiger partial charge in [0.25, 0.3) is 0 Å². The second-order valence-corrected chi connectivity index (χ2v) is 4.31. The van der Waals surface area contributed by atoms with Crippen LogP contribution in [0.15, 0.2) is 36.4 Å². The lowest BCUT2D eigenvalue weighted by molar-refractivity contribution is 0.103. The predicted molar refractivity (Wildman–Crippen MR) is 65.7 cm³/mol. The molecule has 0 aliphatic rings. The molecule has 92 valence electrons. The molecule has 0 saturated carbocycles. The van der Waals surface area contributed by atoms with Gasteiger partial charge in [-0.05, 0) is 49.2 Å². The van der Waals surface area contributed by atoms with E-state index in [-0.39, 0.29) is 16.9 Å². The Labute approximate surface area is 104 Å². The van der Waals surface area contributed by atoms with Crippen LogP contribution in [0, 0.1) is 25.5 Å². The minimum Gasteiger partial charge on any atom is -0.289 e. The van der Waals surface area contributed by atoms with Crippen LogP contribution in [0.5, 0.6) is 0 Å². The first-order valence-electron chi connectivity index (χ1n) is 5.55. The first-order chi connectivity index (χ1) is 8.47. The molecule has 0 N–H and O–H groups in total. The third-order valence-electron chi connectivity index (χ3n) is 2.74. The minimum atomic E-state index is -0.467. The molecule has 0 saturated heterocycles. The molecule has 2 aromatic rings. The lowest BCUT2D eigenvalue weighted by Gasteiger charge is -2.04. The zero-order valence-corrected chi connectivity index (χ0v) is 10.1. The average molecular weight is 246 g/mol. The standard InChI is InChI=1S/C15H12F2O/c1-9-5-12(7-13(16)6-9)15(18)11-4-3-10(2)14(17)8-11/h3-8H,1-2H3. The van der Waals surface area contributed by atoms with E-state index in [1.54, 1.807) is 26.0 Å². The van der Waals surface area contributed by atoms with Gasteiger partial charge < -0.3 is 0 Å².